The van der Waals surface area contributed by atoms with E-state index >= 15 is 0 Å². The van der Waals surface area contributed by atoms with Crippen molar-refractivity contribution in [2.45, 2.75) is 26.4 Å². The van der Waals surface area contributed by atoms with E-state index in [0.717, 1.165) is 5.56 Å². The Morgan fingerprint density at radius 2 is 2.17 bits per heavy atom. The molecule has 0 aromatic heterocycles. The van der Waals surface area contributed by atoms with E-state index in [1.807, 2.05) is 13.8 Å². The summed E-state index contributed by atoms with van der Waals surface area (Å²) in [6.45, 7) is 4.49. The maximum absolute atomic E-state index is 10.7. The van der Waals surface area contributed by atoms with E-state index < -0.39 is 4.92 Å². The van der Waals surface area contributed by atoms with Gasteiger partial charge in [0.15, 0.2) is 0 Å². The Hall–Kier alpha value is -1.17. The van der Waals surface area contributed by atoms with Gasteiger partial charge in [-0.2, -0.15) is 0 Å². The lowest BCUT2D eigenvalue weighted by Gasteiger charge is -2.19. The maximum Gasteiger partial charge on any atom is 0.288 e. The number of hydrogen-bond donors (Lipinski definition) is 2. The van der Waals surface area contributed by atoms with Crippen LogP contribution in [0, 0.1) is 16.0 Å². The molecule has 0 spiro atoms. The quantitative estimate of drug-likeness (QED) is 0.616. The highest BCUT2D eigenvalue weighted by molar-refractivity contribution is 6.32. The maximum atomic E-state index is 10.7. The van der Waals surface area contributed by atoms with Gasteiger partial charge in [-0.05, 0) is 17.5 Å². The van der Waals surface area contributed by atoms with Gasteiger partial charge in [0.25, 0.3) is 5.69 Å². The van der Waals surface area contributed by atoms with Crippen LogP contribution in [0.4, 0.5) is 5.69 Å². The Kier molecular flexibility index (Phi) is 5.53. The van der Waals surface area contributed by atoms with E-state index in [1.54, 1.807) is 6.07 Å². The molecule has 0 saturated heterocycles. The second-order valence-corrected chi connectivity index (χ2v) is 4.86. The van der Waals surface area contributed by atoms with E-state index in [-0.39, 0.29) is 29.3 Å². The SMILES string of the molecule is CC(C)C(CO)NCc1ccc(Cl)c([N+](=O)[O-])c1. The molecule has 2 N–H and O–H groups in total. The lowest BCUT2D eigenvalue weighted by atomic mass is 10.0. The molecule has 1 rings (SSSR count). The van der Waals surface area contributed by atoms with Gasteiger partial charge < -0.3 is 10.4 Å². The second kappa shape index (κ2) is 6.68. The Bertz CT molecular complexity index is 424. The predicted octanol–water partition coefficient (Wildman–Crippen LogP) is 2.35. The molecule has 100 valence electrons. The minimum atomic E-state index is -0.502. The molecule has 1 unspecified atom stereocenters. The molecule has 0 aliphatic heterocycles. The predicted molar refractivity (Wildman–Crippen MR) is 70.7 cm³/mol. The van der Waals surface area contributed by atoms with Crippen molar-refractivity contribution in [3.05, 3.63) is 38.9 Å². The summed E-state index contributed by atoms with van der Waals surface area (Å²) in [6, 6.07) is 4.67. The van der Waals surface area contributed by atoms with Crippen LogP contribution in [0.15, 0.2) is 18.2 Å². The summed E-state index contributed by atoms with van der Waals surface area (Å²) >= 11 is 5.73. The van der Waals surface area contributed by atoms with Crippen LogP contribution in [0.25, 0.3) is 0 Å². The summed E-state index contributed by atoms with van der Waals surface area (Å²) in [5.41, 5.74) is 0.672. The molecule has 0 fully saturated rings. The number of halogens is 1. The summed E-state index contributed by atoms with van der Waals surface area (Å²) in [5, 5.41) is 23.2. The molecule has 0 radical (unpaired) electrons. The van der Waals surface area contributed by atoms with Crippen LogP contribution in [-0.2, 0) is 6.54 Å². The number of nitrogens with zero attached hydrogens (tertiary/aromatic N) is 1. The molecule has 0 amide bonds. The fraction of sp³-hybridized carbons (Fsp3) is 0.500. The lowest BCUT2D eigenvalue weighted by Crippen LogP contribution is -2.36. The van der Waals surface area contributed by atoms with Crippen molar-refractivity contribution in [2.75, 3.05) is 6.61 Å². The summed E-state index contributed by atoms with van der Waals surface area (Å²) in [7, 11) is 0. The Morgan fingerprint density at radius 3 is 2.67 bits per heavy atom. The van der Waals surface area contributed by atoms with Gasteiger partial charge in [-0.25, -0.2) is 0 Å². The first-order valence-electron chi connectivity index (χ1n) is 5.72. The van der Waals surface area contributed by atoms with Gasteiger partial charge in [-0.15, -0.1) is 0 Å². The van der Waals surface area contributed by atoms with Gasteiger partial charge in [0.2, 0.25) is 0 Å². The van der Waals surface area contributed by atoms with Gasteiger partial charge >= 0.3 is 0 Å². The summed E-state index contributed by atoms with van der Waals surface area (Å²) < 4.78 is 0. The summed E-state index contributed by atoms with van der Waals surface area (Å²) in [4.78, 5) is 10.2. The van der Waals surface area contributed by atoms with Crippen molar-refractivity contribution in [2.24, 2.45) is 5.92 Å². The first-order valence-corrected chi connectivity index (χ1v) is 6.10. The van der Waals surface area contributed by atoms with Crippen molar-refractivity contribution < 1.29 is 10.0 Å². The summed E-state index contributed by atoms with van der Waals surface area (Å²) in [5.74, 6) is 0.289. The monoisotopic (exact) mass is 272 g/mol. The fourth-order valence-electron chi connectivity index (χ4n) is 1.57. The summed E-state index contributed by atoms with van der Waals surface area (Å²) in [6.07, 6.45) is 0. The molecular weight excluding hydrogens is 256 g/mol. The van der Waals surface area contributed by atoms with E-state index in [2.05, 4.69) is 5.32 Å². The smallest absolute Gasteiger partial charge is 0.288 e. The third-order valence-corrected chi connectivity index (χ3v) is 3.10. The Morgan fingerprint density at radius 1 is 1.50 bits per heavy atom. The zero-order valence-electron chi connectivity index (χ0n) is 10.4. The average Bonchev–Trinajstić information content (AvgIpc) is 2.31. The van der Waals surface area contributed by atoms with E-state index in [9.17, 15) is 10.1 Å². The molecular formula is C12H17ClN2O3. The number of nitro benzene ring substituents is 1. The molecule has 0 aliphatic carbocycles. The third kappa shape index (κ3) is 3.94. The molecule has 0 aliphatic rings. The van der Waals surface area contributed by atoms with Crippen LogP contribution in [-0.4, -0.2) is 22.7 Å². The molecule has 5 nitrogen and oxygen atoms in total. The molecule has 1 atom stereocenters. The number of rotatable bonds is 6. The van der Waals surface area contributed by atoms with E-state index in [4.69, 9.17) is 16.7 Å². The highest BCUT2D eigenvalue weighted by Crippen LogP contribution is 2.25. The molecule has 0 saturated carbocycles. The lowest BCUT2D eigenvalue weighted by molar-refractivity contribution is -0.384. The highest BCUT2D eigenvalue weighted by Gasteiger charge is 2.14. The molecule has 1 aromatic rings. The molecule has 1 aromatic carbocycles. The van der Waals surface area contributed by atoms with Crippen LogP contribution >= 0.6 is 11.6 Å². The van der Waals surface area contributed by atoms with Gasteiger partial charge in [0.05, 0.1) is 11.5 Å². The zero-order valence-corrected chi connectivity index (χ0v) is 11.1. The van der Waals surface area contributed by atoms with Gasteiger partial charge in [0, 0.05) is 18.7 Å². The van der Waals surface area contributed by atoms with Crippen molar-refractivity contribution in [3.63, 3.8) is 0 Å². The number of benzene rings is 1. The number of hydrogen-bond acceptors (Lipinski definition) is 4. The molecule has 6 heteroatoms. The van der Waals surface area contributed by atoms with E-state index in [0.29, 0.717) is 6.54 Å². The average molecular weight is 273 g/mol. The van der Waals surface area contributed by atoms with Crippen LogP contribution in [0.3, 0.4) is 0 Å². The van der Waals surface area contributed by atoms with Crippen LogP contribution in [0.2, 0.25) is 5.02 Å². The van der Waals surface area contributed by atoms with E-state index in [1.165, 1.54) is 12.1 Å². The van der Waals surface area contributed by atoms with Crippen molar-refractivity contribution in [1.29, 1.82) is 0 Å². The first-order chi connectivity index (χ1) is 8.45. The Balaban J connectivity index is 2.74. The van der Waals surface area contributed by atoms with Gasteiger partial charge in [0.1, 0.15) is 5.02 Å². The highest BCUT2D eigenvalue weighted by atomic mass is 35.5. The largest absolute Gasteiger partial charge is 0.395 e. The number of nitrogens with one attached hydrogen (secondary N) is 1. The second-order valence-electron chi connectivity index (χ2n) is 4.46. The minimum absolute atomic E-state index is 0.0280. The molecule has 18 heavy (non-hydrogen) atoms. The third-order valence-electron chi connectivity index (χ3n) is 2.78. The van der Waals surface area contributed by atoms with Gasteiger partial charge in [-0.3, -0.25) is 10.1 Å². The zero-order chi connectivity index (χ0) is 13.7. The number of nitro groups is 1. The normalized spacial score (nSPS) is 12.7. The standard InChI is InChI=1S/C12H17ClN2O3/c1-8(2)11(7-16)14-6-9-3-4-10(13)12(5-9)15(17)18/h3-5,8,11,14,16H,6-7H2,1-2H3. The number of aliphatic hydroxyl groups is 1. The molecule has 0 heterocycles. The van der Waals surface area contributed by atoms with Crippen molar-refractivity contribution in [1.82, 2.24) is 5.32 Å². The van der Waals surface area contributed by atoms with Crippen LogP contribution in [0.1, 0.15) is 19.4 Å². The first kappa shape index (κ1) is 14.9. The minimum Gasteiger partial charge on any atom is -0.395 e. The van der Waals surface area contributed by atoms with Gasteiger partial charge in [-0.1, -0.05) is 31.5 Å². The molecule has 0 bridgehead atoms. The van der Waals surface area contributed by atoms with Crippen molar-refractivity contribution >= 4 is 17.3 Å². The number of aliphatic hydroxyl groups excluding tert-OH is 1. The van der Waals surface area contributed by atoms with Crippen molar-refractivity contribution in [3.8, 4) is 0 Å². The fourth-order valence-corrected chi connectivity index (χ4v) is 1.75. The Labute approximate surface area is 111 Å². The topological polar surface area (TPSA) is 75.4 Å². The van der Waals surface area contributed by atoms with Crippen LogP contribution in [0.5, 0.6) is 0 Å². The van der Waals surface area contributed by atoms with Crippen LogP contribution < -0.4 is 5.32 Å².